The summed E-state index contributed by atoms with van der Waals surface area (Å²) in [5.74, 6) is 1.46. The first-order valence-corrected chi connectivity index (χ1v) is 11.8. The fraction of sp³-hybridized carbons (Fsp3) is 0.0833. The van der Waals surface area contributed by atoms with Crippen molar-refractivity contribution >= 4 is 62.1 Å². The van der Waals surface area contributed by atoms with Crippen molar-refractivity contribution in [1.82, 2.24) is 10.3 Å². The number of furan rings is 1. The predicted octanol–water partition coefficient (Wildman–Crippen LogP) is 7.59. The molecule has 0 spiro atoms. The highest BCUT2D eigenvalue weighted by molar-refractivity contribution is 9.10. The zero-order valence-electron chi connectivity index (χ0n) is 16.5. The van der Waals surface area contributed by atoms with E-state index in [1.807, 2.05) is 60.7 Å². The lowest BCUT2D eigenvalue weighted by Gasteiger charge is -2.26. The molecule has 4 nitrogen and oxygen atoms in total. The van der Waals surface area contributed by atoms with E-state index in [1.54, 1.807) is 18.3 Å². The molecule has 5 rings (SSSR count). The first-order valence-electron chi connectivity index (χ1n) is 9.82. The van der Waals surface area contributed by atoms with Gasteiger partial charge in [-0.2, -0.15) is 0 Å². The monoisotopic (exact) mass is 543 g/mol. The molecule has 8 heteroatoms. The highest BCUT2D eigenvalue weighted by Crippen LogP contribution is 2.43. The Labute approximate surface area is 209 Å². The second kappa shape index (κ2) is 8.87. The average molecular weight is 545 g/mol. The van der Waals surface area contributed by atoms with Crippen LogP contribution in [0, 0.1) is 0 Å². The Balaban J connectivity index is 1.59. The number of nitrogens with zero attached hydrogens (tertiary/aromatic N) is 2. The molecule has 2 aromatic carbocycles. The quantitative estimate of drug-likeness (QED) is 0.268. The maximum atomic E-state index is 6.34. The molecule has 2 aromatic heterocycles. The van der Waals surface area contributed by atoms with Crippen molar-refractivity contribution in [2.75, 3.05) is 4.90 Å². The Morgan fingerprint density at radius 3 is 2.50 bits per heavy atom. The van der Waals surface area contributed by atoms with Crippen LogP contribution in [0.4, 0.5) is 5.69 Å². The van der Waals surface area contributed by atoms with Crippen LogP contribution in [-0.2, 0) is 0 Å². The molecule has 0 unspecified atom stereocenters. The smallest absolute Gasteiger partial charge is 0.174 e. The van der Waals surface area contributed by atoms with Gasteiger partial charge in [0.25, 0.3) is 0 Å². The van der Waals surface area contributed by atoms with E-state index in [2.05, 4.69) is 31.1 Å². The summed E-state index contributed by atoms with van der Waals surface area (Å²) in [5, 5.41) is 5.03. The summed E-state index contributed by atoms with van der Waals surface area (Å²) < 4.78 is 7.34. The number of pyridine rings is 1. The van der Waals surface area contributed by atoms with E-state index in [1.165, 1.54) is 0 Å². The Kier molecular flexibility index (Phi) is 5.95. The molecule has 0 radical (unpaired) electrons. The van der Waals surface area contributed by atoms with Crippen LogP contribution in [0.15, 0.2) is 87.9 Å². The number of rotatable bonds is 4. The predicted molar refractivity (Wildman–Crippen MR) is 136 cm³/mol. The molecule has 160 valence electrons. The minimum Gasteiger partial charge on any atom is -0.459 e. The third-order valence-electron chi connectivity index (χ3n) is 5.33. The summed E-state index contributed by atoms with van der Waals surface area (Å²) in [6.45, 7) is 0. The number of hydrogen-bond donors (Lipinski definition) is 1. The van der Waals surface area contributed by atoms with Crippen molar-refractivity contribution in [1.29, 1.82) is 0 Å². The SMILES string of the molecule is S=C1N[C@H](c2ccccn2)[C@@H](c2ccc(-c3ccc(Cl)c(Cl)c3)o2)N1c1ccc(Br)cc1. The highest BCUT2D eigenvalue weighted by atomic mass is 79.9. The maximum Gasteiger partial charge on any atom is 0.174 e. The molecule has 0 bridgehead atoms. The minimum atomic E-state index is -0.227. The normalized spacial score (nSPS) is 18.1. The van der Waals surface area contributed by atoms with Crippen LogP contribution >= 0.6 is 51.3 Å². The fourth-order valence-corrected chi connectivity index (χ4v) is 4.75. The summed E-state index contributed by atoms with van der Waals surface area (Å²) in [6, 6.07) is 22.8. The van der Waals surface area contributed by atoms with Gasteiger partial charge in [-0.3, -0.25) is 4.98 Å². The van der Waals surface area contributed by atoms with Crippen molar-refractivity contribution in [3.8, 4) is 11.3 Å². The first kappa shape index (κ1) is 21.5. The van der Waals surface area contributed by atoms with Crippen LogP contribution in [0.3, 0.4) is 0 Å². The molecule has 1 aliphatic rings. The molecular weight excluding hydrogens is 529 g/mol. The van der Waals surface area contributed by atoms with Gasteiger partial charge < -0.3 is 14.6 Å². The molecule has 0 aliphatic carbocycles. The zero-order chi connectivity index (χ0) is 22.2. The van der Waals surface area contributed by atoms with E-state index in [0.717, 1.165) is 27.2 Å². The molecule has 32 heavy (non-hydrogen) atoms. The number of benzene rings is 2. The van der Waals surface area contributed by atoms with Crippen LogP contribution in [-0.4, -0.2) is 10.1 Å². The molecule has 2 atom stereocenters. The van der Waals surface area contributed by atoms with E-state index < -0.39 is 0 Å². The number of thiocarbonyl (C=S) groups is 1. The minimum absolute atomic E-state index is 0.180. The third kappa shape index (κ3) is 4.04. The Hall–Kier alpha value is -2.38. The van der Waals surface area contributed by atoms with Gasteiger partial charge in [0.1, 0.15) is 17.6 Å². The number of anilines is 1. The molecular formula is C24H16BrCl2N3OS. The highest BCUT2D eigenvalue weighted by Gasteiger charge is 2.42. The Morgan fingerprint density at radius 1 is 0.969 bits per heavy atom. The van der Waals surface area contributed by atoms with Gasteiger partial charge in [0.2, 0.25) is 0 Å². The summed E-state index contributed by atoms with van der Waals surface area (Å²) in [4.78, 5) is 6.64. The van der Waals surface area contributed by atoms with Crippen molar-refractivity contribution in [3.63, 3.8) is 0 Å². The van der Waals surface area contributed by atoms with Crippen molar-refractivity contribution in [3.05, 3.63) is 105 Å². The molecule has 4 aromatic rings. The van der Waals surface area contributed by atoms with Gasteiger partial charge in [0, 0.05) is 21.9 Å². The fourth-order valence-electron chi connectivity index (χ4n) is 3.84. The molecule has 0 amide bonds. The number of aromatic nitrogens is 1. The van der Waals surface area contributed by atoms with Gasteiger partial charge in [-0.25, -0.2) is 0 Å². The lowest BCUT2D eigenvalue weighted by molar-refractivity contribution is 0.439. The maximum absolute atomic E-state index is 6.34. The second-order valence-corrected chi connectivity index (χ2v) is 9.42. The summed E-state index contributed by atoms with van der Waals surface area (Å²) in [6.07, 6.45) is 1.78. The van der Waals surface area contributed by atoms with Gasteiger partial charge in [-0.05, 0) is 78.9 Å². The topological polar surface area (TPSA) is 41.3 Å². The van der Waals surface area contributed by atoms with Gasteiger partial charge in [0.15, 0.2) is 5.11 Å². The number of nitrogens with one attached hydrogen (secondary N) is 1. The van der Waals surface area contributed by atoms with E-state index in [4.69, 9.17) is 39.8 Å². The van der Waals surface area contributed by atoms with Crippen LogP contribution in [0.1, 0.15) is 23.5 Å². The van der Waals surface area contributed by atoms with Crippen molar-refractivity contribution in [2.45, 2.75) is 12.1 Å². The Bertz CT molecular complexity index is 1280. The molecule has 1 aliphatic heterocycles. The third-order valence-corrected chi connectivity index (χ3v) is 6.91. The standard InChI is InChI=1S/C24H16BrCl2N3OS/c25-15-5-7-16(8-6-15)30-23(22(29-24(30)32)19-3-1-2-12-28-19)21-11-10-20(31-21)14-4-9-17(26)18(27)13-14/h1-13,22-23H,(H,29,32)/t22-,23-/m1/s1. The van der Waals surface area contributed by atoms with Gasteiger partial charge in [0.05, 0.1) is 21.8 Å². The number of hydrogen-bond acceptors (Lipinski definition) is 3. The largest absolute Gasteiger partial charge is 0.459 e. The van der Waals surface area contributed by atoms with Crippen LogP contribution in [0.25, 0.3) is 11.3 Å². The van der Waals surface area contributed by atoms with Gasteiger partial charge in [-0.15, -0.1) is 0 Å². The lowest BCUT2D eigenvalue weighted by atomic mass is 10.0. The van der Waals surface area contributed by atoms with Crippen molar-refractivity contribution in [2.24, 2.45) is 0 Å². The van der Waals surface area contributed by atoms with Gasteiger partial charge in [-0.1, -0.05) is 45.2 Å². The average Bonchev–Trinajstić information content (AvgIpc) is 3.41. The molecule has 0 saturated carbocycles. The number of halogens is 3. The first-order chi connectivity index (χ1) is 15.5. The second-order valence-electron chi connectivity index (χ2n) is 7.30. The van der Waals surface area contributed by atoms with Crippen LogP contribution < -0.4 is 10.2 Å². The van der Waals surface area contributed by atoms with Crippen LogP contribution in [0.5, 0.6) is 0 Å². The van der Waals surface area contributed by atoms with E-state index in [0.29, 0.717) is 20.9 Å². The van der Waals surface area contributed by atoms with Crippen LogP contribution in [0.2, 0.25) is 10.0 Å². The molecule has 1 saturated heterocycles. The molecule has 1 N–H and O–H groups in total. The summed E-state index contributed by atoms with van der Waals surface area (Å²) in [7, 11) is 0. The summed E-state index contributed by atoms with van der Waals surface area (Å²) >= 11 is 21.5. The van der Waals surface area contributed by atoms with Gasteiger partial charge >= 0.3 is 0 Å². The summed E-state index contributed by atoms with van der Waals surface area (Å²) in [5.41, 5.74) is 2.69. The molecule has 1 fully saturated rings. The lowest BCUT2D eigenvalue weighted by Crippen LogP contribution is -2.29. The van der Waals surface area contributed by atoms with E-state index in [9.17, 15) is 0 Å². The molecule has 3 heterocycles. The van der Waals surface area contributed by atoms with E-state index in [-0.39, 0.29) is 12.1 Å². The van der Waals surface area contributed by atoms with Crippen molar-refractivity contribution < 1.29 is 4.42 Å². The van der Waals surface area contributed by atoms with E-state index >= 15 is 0 Å². The zero-order valence-corrected chi connectivity index (χ0v) is 20.4. The Morgan fingerprint density at radius 2 is 1.78 bits per heavy atom.